The number of benzene rings is 2. The van der Waals surface area contributed by atoms with E-state index in [0.717, 1.165) is 5.56 Å². The molecule has 1 saturated heterocycles. The third-order valence-electron chi connectivity index (χ3n) is 4.28. The fraction of sp³-hybridized carbons (Fsp3) is 0.263. The van der Waals surface area contributed by atoms with Crippen LogP contribution in [0.2, 0.25) is 0 Å². The molecule has 2 amide bonds. The van der Waals surface area contributed by atoms with Crippen LogP contribution >= 0.6 is 0 Å². The van der Waals surface area contributed by atoms with Crippen LogP contribution in [0.3, 0.4) is 0 Å². The Balaban J connectivity index is 1.76. The second-order valence-electron chi connectivity index (χ2n) is 5.94. The summed E-state index contributed by atoms with van der Waals surface area (Å²) in [6.45, 7) is 1.91. The van der Waals surface area contributed by atoms with E-state index in [1.54, 1.807) is 0 Å². The third kappa shape index (κ3) is 3.30. The Hall–Kier alpha value is -2.69. The minimum atomic E-state index is -0.561. The summed E-state index contributed by atoms with van der Waals surface area (Å²) in [5.74, 6) is -0.681. The van der Waals surface area contributed by atoms with E-state index in [9.17, 15) is 14.0 Å². The van der Waals surface area contributed by atoms with Gasteiger partial charge in [-0.25, -0.2) is 4.39 Å². The second-order valence-corrected chi connectivity index (χ2v) is 5.94. The number of hydrogen-bond donors (Lipinski definition) is 1. The summed E-state index contributed by atoms with van der Waals surface area (Å²) >= 11 is 0. The van der Waals surface area contributed by atoms with E-state index in [1.165, 1.54) is 29.2 Å². The van der Waals surface area contributed by atoms with E-state index < -0.39 is 6.04 Å². The largest absolute Gasteiger partial charge is 0.348 e. The first-order chi connectivity index (χ1) is 11.6. The number of halogens is 1. The molecule has 0 spiro atoms. The van der Waals surface area contributed by atoms with E-state index in [2.05, 4.69) is 5.32 Å². The van der Waals surface area contributed by atoms with Crippen LogP contribution in [0.15, 0.2) is 54.6 Å². The van der Waals surface area contributed by atoms with E-state index in [1.807, 2.05) is 37.3 Å². The van der Waals surface area contributed by atoms with Gasteiger partial charge in [-0.3, -0.25) is 14.5 Å². The van der Waals surface area contributed by atoms with Crippen molar-refractivity contribution in [2.24, 2.45) is 0 Å². The standard InChI is InChI=1S/C19H19FN2O2/c1-13(14-5-3-2-4-6-14)21-19(24)17-11-12-18(23)22(17)16-9-7-15(20)8-10-16/h2-10,13,17H,11-12H2,1H3,(H,21,24). The lowest BCUT2D eigenvalue weighted by atomic mass is 10.1. The van der Waals surface area contributed by atoms with Crippen molar-refractivity contribution >= 4 is 17.5 Å². The Kier molecular flexibility index (Phi) is 4.60. The SMILES string of the molecule is CC(NC(=O)C1CCC(=O)N1c1ccc(F)cc1)c1ccccc1. The molecule has 1 aliphatic rings. The summed E-state index contributed by atoms with van der Waals surface area (Å²) in [5, 5.41) is 2.96. The summed E-state index contributed by atoms with van der Waals surface area (Å²) in [6.07, 6.45) is 0.777. The Labute approximate surface area is 140 Å². The zero-order valence-corrected chi connectivity index (χ0v) is 13.4. The average Bonchev–Trinajstić information content (AvgIpc) is 2.98. The van der Waals surface area contributed by atoms with Crippen molar-refractivity contribution in [2.75, 3.05) is 4.90 Å². The molecule has 0 aromatic heterocycles. The van der Waals surface area contributed by atoms with Crippen LogP contribution < -0.4 is 10.2 Å². The Morgan fingerprint density at radius 3 is 2.50 bits per heavy atom. The van der Waals surface area contributed by atoms with Crippen molar-refractivity contribution in [1.29, 1.82) is 0 Å². The van der Waals surface area contributed by atoms with Crippen molar-refractivity contribution in [3.8, 4) is 0 Å². The zero-order chi connectivity index (χ0) is 17.1. The minimum absolute atomic E-state index is 0.117. The maximum atomic E-state index is 13.1. The van der Waals surface area contributed by atoms with Crippen LogP contribution in [-0.2, 0) is 9.59 Å². The molecule has 1 aliphatic heterocycles. The molecule has 0 radical (unpaired) electrons. The number of carbonyl (C=O) groups excluding carboxylic acids is 2. The molecule has 2 unspecified atom stereocenters. The molecule has 3 rings (SSSR count). The molecule has 1 heterocycles. The third-order valence-corrected chi connectivity index (χ3v) is 4.28. The molecular formula is C19H19FN2O2. The summed E-state index contributed by atoms with van der Waals surface area (Å²) in [5.41, 5.74) is 1.55. The summed E-state index contributed by atoms with van der Waals surface area (Å²) in [6, 6.07) is 14.6. The predicted octanol–water partition coefficient (Wildman–Crippen LogP) is 3.20. The number of nitrogens with zero attached hydrogens (tertiary/aromatic N) is 1. The van der Waals surface area contributed by atoms with Gasteiger partial charge in [-0.1, -0.05) is 30.3 Å². The van der Waals surface area contributed by atoms with E-state index >= 15 is 0 Å². The predicted molar refractivity (Wildman–Crippen MR) is 89.9 cm³/mol. The van der Waals surface area contributed by atoms with Gasteiger partial charge in [-0.2, -0.15) is 0 Å². The number of carbonyl (C=O) groups is 2. The summed E-state index contributed by atoms with van der Waals surface area (Å²) < 4.78 is 13.1. The van der Waals surface area contributed by atoms with Crippen LogP contribution in [0.1, 0.15) is 31.4 Å². The highest BCUT2D eigenvalue weighted by atomic mass is 19.1. The molecule has 24 heavy (non-hydrogen) atoms. The van der Waals surface area contributed by atoms with Crippen LogP contribution in [0.4, 0.5) is 10.1 Å². The van der Waals surface area contributed by atoms with Gasteiger partial charge in [0.2, 0.25) is 11.8 Å². The molecule has 2 aromatic carbocycles. The van der Waals surface area contributed by atoms with Crippen molar-refractivity contribution < 1.29 is 14.0 Å². The number of nitrogens with one attached hydrogen (secondary N) is 1. The van der Waals surface area contributed by atoms with Gasteiger partial charge < -0.3 is 5.32 Å². The quantitative estimate of drug-likeness (QED) is 0.938. The highest BCUT2D eigenvalue weighted by Gasteiger charge is 2.37. The Bertz CT molecular complexity index is 731. The Morgan fingerprint density at radius 1 is 1.17 bits per heavy atom. The lowest BCUT2D eigenvalue weighted by molar-refractivity contribution is -0.124. The van der Waals surface area contributed by atoms with Crippen molar-refractivity contribution in [2.45, 2.75) is 31.8 Å². The van der Waals surface area contributed by atoms with E-state index in [-0.39, 0.29) is 23.7 Å². The number of anilines is 1. The number of hydrogen-bond acceptors (Lipinski definition) is 2. The van der Waals surface area contributed by atoms with Gasteiger partial charge in [0.25, 0.3) is 0 Å². The molecular weight excluding hydrogens is 307 g/mol. The first-order valence-corrected chi connectivity index (χ1v) is 7.99. The van der Waals surface area contributed by atoms with Gasteiger partial charge in [-0.05, 0) is 43.2 Å². The van der Waals surface area contributed by atoms with Crippen molar-refractivity contribution in [3.05, 3.63) is 66.0 Å². The highest BCUT2D eigenvalue weighted by Crippen LogP contribution is 2.27. The van der Waals surface area contributed by atoms with Crippen molar-refractivity contribution in [3.63, 3.8) is 0 Å². The van der Waals surface area contributed by atoms with Crippen LogP contribution in [0, 0.1) is 5.82 Å². The van der Waals surface area contributed by atoms with Crippen LogP contribution in [0.25, 0.3) is 0 Å². The first kappa shape index (κ1) is 16.2. The van der Waals surface area contributed by atoms with Gasteiger partial charge in [0.05, 0.1) is 6.04 Å². The van der Waals surface area contributed by atoms with Gasteiger partial charge >= 0.3 is 0 Å². The average molecular weight is 326 g/mol. The Morgan fingerprint density at radius 2 is 1.83 bits per heavy atom. The van der Waals surface area contributed by atoms with E-state index in [4.69, 9.17) is 0 Å². The number of amides is 2. The smallest absolute Gasteiger partial charge is 0.243 e. The van der Waals surface area contributed by atoms with Gasteiger partial charge in [0, 0.05) is 12.1 Å². The van der Waals surface area contributed by atoms with Crippen molar-refractivity contribution in [1.82, 2.24) is 5.32 Å². The van der Waals surface area contributed by atoms with Gasteiger partial charge in [-0.15, -0.1) is 0 Å². The van der Waals surface area contributed by atoms with Gasteiger partial charge in [0.15, 0.2) is 0 Å². The molecule has 0 aliphatic carbocycles. The van der Waals surface area contributed by atoms with Gasteiger partial charge in [0.1, 0.15) is 11.9 Å². The normalized spacial score (nSPS) is 18.5. The summed E-state index contributed by atoms with van der Waals surface area (Å²) in [4.78, 5) is 26.3. The molecule has 2 atom stereocenters. The molecule has 1 fully saturated rings. The topological polar surface area (TPSA) is 49.4 Å². The maximum Gasteiger partial charge on any atom is 0.243 e. The van der Waals surface area contributed by atoms with Crippen LogP contribution in [-0.4, -0.2) is 17.9 Å². The zero-order valence-electron chi connectivity index (χ0n) is 13.4. The maximum absolute atomic E-state index is 13.1. The van der Waals surface area contributed by atoms with Crippen LogP contribution in [0.5, 0.6) is 0 Å². The molecule has 124 valence electrons. The highest BCUT2D eigenvalue weighted by molar-refractivity contribution is 6.03. The molecule has 2 aromatic rings. The molecule has 0 saturated carbocycles. The van der Waals surface area contributed by atoms with E-state index in [0.29, 0.717) is 18.5 Å². The lowest BCUT2D eigenvalue weighted by Gasteiger charge is -2.26. The fourth-order valence-corrected chi connectivity index (χ4v) is 2.99. The fourth-order valence-electron chi connectivity index (χ4n) is 2.99. The number of rotatable bonds is 4. The minimum Gasteiger partial charge on any atom is -0.348 e. The summed E-state index contributed by atoms with van der Waals surface area (Å²) in [7, 11) is 0. The molecule has 5 heteroatoms. The monoisotopic (exact) mass is 326 g/mol. The lowest BCUT2D eigenvalue weighted by Crippen LogP contribution is -2.45. The molecule has 1 N–H and O–H groups in total. The molecule has 0 bridgehead atoms. The molecule has 4 nitrogen and oxygen atoms in total. The first-order valence-electron chi connectivity index (χ1n) is 7.99. The second kappa shape index (κ2) is 6.83.